The number of halogens is 3. The first kappa shape index (κ1) is 15.1. The molecule has 1 unspecified atom stereocenters. The van der Waals surface area contributed by atoms with E-state index in [1.807, 2.05) is 36.2 Å². The fraction of sp³-hybridized carbons (Fsp3) is 0.278. The van der Waals surface area contributed by atoms with Crippen molar-refractivity contribution < 1.29 is 18.0 Å². The van der Waals surface area contributed by atoms with Crippen molar-refractivity contribution >= 4 is 17.3 Å². The lowest BCUT2D eigenvalue weighted by Gasteiger charge is -2.32. The highest BCUT2D eigenvalue weighted by Gasteiger charge is 2.56. The average molecular weight is 332 g/mol. The molecule has 2 aliphatic heterocycles. The van der Waals surface area contributed by atoms with Gasteiger partial charge in [-0.05, 0) is 23.8 Å². The van der Waals surface area contributed by atoms with Crippen LogP contribution in [0.2, 0.25) is 0 Å². The number of hydrogen-bond acceptors (Lipinski definition) is 2. The zero-order valence-electron chi connectivity index (χ0n) is 13.2. The van der Waals surface area contributed by atoms with Gasteiger partial charge in [-0.1, -0.05) is 24.3 Å². The third kappa shape index (κ3) is 1.71. The van der Waals surface area contributed by atoms with Gasteiger partial charge in [0.25, 0.3) is 5.91 Å². The molecule has 0 radical (unpaired) electrons. The average Bonchev–Trinajstić information content (AvgIpc) is 2.96. The largest absolute Gasteiger partial charge is 0.416 e. The number of carbonyl (C=O) groups excluding carboxylic acids is 1. The van der Waals surface area contributed by atoms with E-state index >= 15 is 0 Å². The zero-order chi connectivity index (χ0) is 17.3. The summed E-state index contributed by atoms with van der Waals surface area (Å²) in [6.07, 6.45) is -3.97. The quantitative estimate of drug-likeness (QED) is 0.736. The van der Waals surface area contributed by atoms with Crippen molar-refractivity contribution in [1.82, 2.24) is 0 Å². The van der Waals surface area contributed by atoms with E-state index in [2.05, 4.69) is 0 Å². The summed E-state index contributed by atoms with van der Waals surface area (Å²) < 4.78 is 39.1. The first-order valence-corrected chi connectivity index (χ1v) is 7.58. The molecule has 3 nitrogen and oxygen atoms in total. The Kier molecular flexibility index (Phi) is 2.84. The predicted molar refractivity (Wildman–Crippen MR) is 85.1 cm³/mol. The molecule has 6 heteroatoms. The molecule has 4 rings (SSSR count). The van der Waals surface area contributed by atoms with Crippen LogP contribution in [-0.2, 0) is 22.9 Å². The minimum Gasteiger partial charge on any atom is -0.356 e. The summed E-state index contributed by atoms with van der Waals surface area (Å²) in [5.74, 6) is -0.199. The van der Waals surface area contributed by atoms with Crippen molar-refractivity contribution in [3.63, 3.8) is 0 Å². The van der Waals surface area contributed by atoms with Gasteiger partial charge in [-0.25, -0.2) is 0 Å². The molecule has 0 aliphatic carbocycles. The molecular weight excluding hydrogens is 317 g/mol. The second-order valence-corrected chi connectivity index (χ2v) is 6.32. The number of para-hydroxylation sites is 1. The molecule has 1 amide bonds. The fourth-order valence-electron chi connectivity index (χ4n) is 3.92. The van der Waals surface area contributed by atoms with Crippen molar-refractivity contribution in [1.29, 1.82) is 0 Å². The molecule has 1 spiro atoms. The minimum atomic E-state index is -4.43. The van der Waals surface area contributed by atoms with Gasteiger partial charge >= 0.3 is 6.18 Å². The van der Waals surface area contributed by atoms with Crippen molar-refractivity contribution in [2.75, 3.05) is 23.9 Å². The minimum absolute atomic E-state index is 0.199. The molecule has 0 N–H and O–H groups in total. The zero-order valence-corrected chi connectivity index (χ0v) is 13.2. The number of carbonyl (C=O) groups is 1. The van der Waals surface area contributed by atoms with Gasteiger partial charge in [-0.2, -0.15) is 13.2 Å². The highest BCUT2D eigenvalue weighted by Crippen LogP contribution is 2.52. The fourth-order valence-corrected chi connectivity index (χ4v) is 3.92. The Morgan fingerprint density at radius 1 is 1.04 bits per heavy atom. The number of benzene rings is 2. The van der Waals surface area contributed by atoms with Crippen molar-refractivity contribution in [2.24, 2.45) is 0 Å². The third-order valence-electron chi connectivity index (χ3n) is 5.16. The Hall–Kier alpha value is -2.50. The molecule has 1 atom stereocenters. The number of anilines is 2. The van der Waals surface area contributed by atoms with Gasteiger partial charge in [0, 0.05) is 31.8 Å². The van der Waals surface area contributed by atoms with Crippen LogP contribution in [0.1, 0.15) is 16.7 Å². The van der Waals surface area contributed by atoms with Crippen LogP contribution in [0, 0.1) is 0 Å². The van der Waals surface area contributed by atoms with Crippen LogP contribution in [0.5, 0.6) is 0 Å². The number of alkyl halides is 3. The Labute approximate surface area is 137 Å². The predicted octanol–water partition coefficient (Wildman–Crippen LogP) is 3.57. The lowest BCUT2D eigenvalue weighted by atomic mass is 9.87. The van der Waals surface area contributed by atoms with E-state index in [-0.39, 0.29) is 5.91 Å². The van der Waals surface area contributed by atoms with Crippen LogP contribution < -0.4 is 9.80 Å². The van der Waals surface area contributed by atoms with E-state index in [1.54, 1.807) is 0 Å². The second-order valence-electron chi connectivity index (χ2n) is 6.32. The topological polar surface area (TPSA) is 23.6 Å². The molecule has 0 saturated carbocycles. The number of likely N-dealkylation sites (N-methyl/N-ethyl adjacent to an activating group) is 2. The number of nitrogens with zero attached hydrogens (tertiary/aromatic N) is 2. The summed E-state index contributed by atoms with van der Waals surface area (Å²) >= 11 is 0. The highest BCUT2D eigenvalue weighted by molar-refractivity contribution is 6.10. The molecule has 124 valence electrons. The molecule has 0 aromatic heterocycles. The first-order chi connectivity index (χ1) is 11.3. The molecule has 2 aromatic carbocycles. The Morgan fingerprint density at radius 3 is 2.42 bits per heavy atom. The standard InChI is InChI=1S/C18H15F3N2O/c1-22-15-9-12(18(19,20)21)7-8-13(15)17(16(22)24)10-11-5-3-4-6-14(11)23(17)2/h3-9H,10H2,1-2H3. The number of rotatable bonds is 0. The summed E-state index contributed by atoms with van der Waals surface area (Å²) in [5, 5.41) is 0. The van der Waals surface area contributed by atoms with E-state index in [4.69, 9.17) is 0 Å². The molecule has 0 bridgehead atoms. The Balaban J connectivity index is 1.91. The molecule has 0 fully saturated rings. The molecule has 2 aromatic rings. The number of hydrogen-bond donors (Lipinski definition) is 0. The molecule has 24 heavy (non-hydrogen) atoms. The number of fused-ring (bicyclic) bond motifs is 3. The maximum Gasteiger partial charge on any atom is 0.416 e. The van der Waals surface area contributed by atoms with Gasteiger partial charge in [-0.3, -0.25) is 4.79 Å². The van der Waals surface area contributed by atoms with E-state index in [0.717, 1.165) is 23.4 Å². The van der Waals surface area contributed by atoms with E-state index in [1.165, 1.54) is 18.0 Å². The van der Waals surface area contributed by atoms with Gasteiger partial charge in [0.15, 0.2) is 5.54 Å². The van der Waals surface area contributed by atoms with E-state index < -0.39 is 17.3 Å². The van der Waals surface area contributed by atoms with Crippen molar-refractivity contribution in [3.05, 3.63) is 59.2 Å². The summed E-state index contributed by atoms with van der Waals surface area (Å²) in [4.78, 5) is 16.3. The van der Waals surface area contributed by atoms with Crippen molar-refractivity contribution in [3.8, 4) is 0 Å². The van der Waals surface area contributed by atoms with Crippen LogP contribution in [0.25, 0.3) is 0 Å². The normalized spacial score (nSPS) is 22.3. The molecule has 2 aliphatic rings. The lowest BCUT2D eigenvalue weighted by Crippen LogP contribution is -2.49. The summed E-state index contributed by atoms with van der Waals surface area (Å²) in [5.41, 5.74) is 1.21. The Morgan fingerprint density at radius 2 is 1.75 bits per heavy atom. The first-order valence-electron chi connectivity index (χ1n) is 7.58. The SMILES string of the molecule is CN1C(=O)C2(Cc3ccccc3N2C)c2ccc(C(F)(F)F)cc21. The molecule has 0 saturated heterocycles. The monoisotopic (exact) mass is 332 g/mol. The van der Waals surface area contributed by atoms with Crippen molar-refractivity contribution in [2.45, 2.75) is 18.1 Å². The van der Waals surface area contributed by atoms with E-state index in [9.17, 15) is 18.0 Å². The second kappa shape index (κ2) is 4.53. The van der Waals surface area contributed by atoms with E-state index in [0.29, 0.717) is 17.7 Å². The highest BCUT2D eigenvalue weighted by atomic mass is 19.4. The van der Waals surface area contributed by atoms with Gasteiger partial charge in [0.2, 0.25) is 0 Å². The van der Waals surface area contributed by atoms with Crippen LogP contribution in [0.15, 0.2) is 42.5 Å². The summed E-state index contributed by atoms with van der Waals surface area (Å²) in [6, 6.07) is 11.3. The van der Waals surface area contributed by atoms with Gasteiger partial charge < -0.3 is 9.80 Å². The van der Waals surface area contributed by atoms with Gasteiger partial charge in [0.1, 0.15) is 0 Å². The third-order valence-corrected chi connectivity index (χ3v) is 5.16. The van der Waals surface area contributed by atoms with Crippen LogP contribution in [0.3, 0.4) is 0 Å². The van der Waals surface area contributed by atoms with Crippen LogP contribution in [-0.4, -0.2) is 20.0 Å². The summed E-state index contributed by atoms with van der Waals surface area (Å²) in [6.45, 7) is 0. The maximum absolute atomic E-state index is 13.0. The molecule has 2 heterocycles. The van der Waals surface area contributed by atoms with Crippen LogP contribution in [0.4, 0.5) is 24.5 Å². The smallest absolute Gasteiger partial charge is 0.356 e. The molecular formula is C18H15F3N2O. The maximum atomic E-state index is 13.0. The number of amides is 1. The van der Waals surface area contributed by atoms with Gasteiger partial charge in [0.05, 0.1) is 11.3 Å². The lowest BCUT2D eigenvalue weighted by molar-refractivity contribution is -0.137. The summed E-state index contributed by atoms with van der Waals surface area (Å²) in [7, 11) is 3.36. The van der Waals surface area contributed by atoms with Gasteiger partial charge in [-0.15, -0.1) is 0 Å². The van der Waals surface area contributed by atoms with Crippen LogP contribution >= 0.6 is 0 Å². The Bertz CT molecular complexity index is 862.